The zero-order valence-electron chi connectivity index (χ0n) is 11.7. The Morgan fingerprint density at radius 2 is 2.00 bits per heavy atom. The molecular weight excluding hydrogens is 288 g/mol. The van der Waals surface area contributed by atoms with Gasteiger partial charge in [0.15, 0.2) is 14.6 Å². The molecule has 4 nitrogen and oxygen atoms in total. The van der Waals surface area contributed by atoms with Crippen LogP contribution in [0.3, 0.4) is 0 Å². The highest BCUT2D eigenvalue weighted by Gasteiger charge is 2.60. The molecule has 0 amide bonds. The minimum Gasteiger partial charge on any atom is -0.391 e. The first-order valence-electron chi connectivity index (χ1n) is 6.33. The maximum Gasteiger partial charge on any atom is 0.189 e. The molecule has 1 aliphatic heterocycles. The molecule has 1 rings (SSSR count). The van der Waals surface area contributed by atoms with Crippen molar-refractivity contribution in [3.63, 3.8) is 0 Å². The Hall–Kier alpha value is -0.390. The maximum absolute atomic E-state index is 12.6. The summed E-state index contributed by atoms with van der Waals surface area (Å²) in [7, 11) is -3.84. The van der Waals surface area contributed by atoms with Crippen molar-refractivity contribution < 1.29 is 18.3 Å². The van der Waals surface area contributed by atoms with Gasteiger partial charge in [-0.25, -0.2) is 8.42 Å². The number of hydrogen-bond acceptors (Lipinski definition) is 4. The normalized spacial score (nSPS) is 31.8. The van der Waals surface area contributed by atoms with E-state index < -0.39 is 26.6 Å². The third-order valence-electron chi connectivity index (χ3n) is 4.16. The fraction of sp³-hybridized carbons (Fsp3) is 0.769. The van der Waals surface area contributed by atoms with E-state index in [0.717, 1.165) is 0 Å². The number of sulfone groups is 1. The maximum atomic E-state index is 12.6. The van der Waals surface area contributed by atoms with Gasteiger partial charge < -0.3 is 9.90 Å². The predicted octanol–water partition coefficient (Wildman–Crippen LogP) is 1.91. The minimum absolute atomic E-state index is 0.187. The van der Waals surface area contributed by atoms with Crippen LogP contribution in [-0.2, 0) is 14.6 Å². The summed E-state index contributed by atoms with van der Waals surface area (Å²) >= 11 is 5.70. The molecule has 6 heteroatoms. The van der Waals surface area contributed by atoms with Gasteiger partial charge in [-0.05, 0) is 24.8 Å². The summed E-state index contributed by atoms with van der Waals surface area (Å²) in [4.78, 5) is 11.8. The molecule has 0 spiro atoms. The summed E-state index contributed by atoms with van der Waals surface area (Å²) in [5.74, 6) is -0.587. The fourth-order valence-electron chi connectivity index (χ4n) is 2.91. The highest BCUT2D eigenvalue weighted by Crippen LogP contribution is 2.48. The predicted molar refractivity (Wildman–Crippen MR) is 75.8 cm³/mol. The molecule has 2 unspecified atom stereocenters. The number of allylic oxidation sites excluding steroid dienone is 2. The van der Waals surface area contributed by atoms with Gasteiger partial charge in [0.25, 0.3) is 0 Å². The van der Waals surface area contributed by atoms with Gasteiger partial charge >= 0.3 is 0 Å². The summed E-state index contributed by atoms with van der Waals surface area (Å²) in [6.07, 6.45) is -0.413. The Bertz CT molecular complexity index is 495. The van der Waals surface area contributed by atoms with Crippen molar-refractivity contribution in [1.82, 2.24) is 0 Å². The first-order valence-corrected chi connectivity index (χ1v) is 8.34. The lowest BCUT2D eigenvalue weighted by molar-refractivity contribution is -0.114. The average molecular weight is 309 g/mol. The van der Waals surface area contributed by atoms with Gasteiger partial charge in [-0.1, -0.05) is 20.8 Å². The Kier molecular flexibility index (Phi) is 4.86. The van der Waals surface area contributed by atoms with Gasteiger partial charge in [0.2, 0.25) is 0 Å². The van der Waals surface area contributed by atoms with Crippen molar-refractivity contribution in [3.8, 4) is 0 Å². The molecule has 0 aromatic rings. The number of aliphatic hydroxyl groups is 1. The number of hydrogen-bond donors (Lipinski definition) is 1. The molecule has 0 aromatic carbocycles. The topological polar surface area (TPSA) is 71.4 Å². The first-order chi connectivity index (χ1) is 8.68. The highest BCUT2D eigenvalue weighted by molar-refractivity contribution is 7.97. The van der Waals surface area contributed by atoms with E-state index in [-0.39, 0.29) is 10.8 Å². The van der Waals surface area contributed by atoms with Crippen LogP contribution in [-0.4, -0.2) is 36.5 Å². The lowest BCUT2D eigenvalue weighted by Crippen LogP contribution is -2.55. The summed E-state index contributed by atoms with van der Waals surface area (Å²) in [6.45, 7) is 6.57. The van der Waals surface area contributed by atoms with E-state index in [1.54, 1.807) is 20.8 Å². The van der Waals surface area contributed by atoms with Gasteiger partial charge in [-0.2, -0.15) is 0 Å². The number of rotatable bonds is 5. The number of halogens is 1. The quantitative estimate of drug-likeness (QED) is 0.622. The van der Waals surface area contributed by atoms with Gasteiger partial charge in [-0.15, -0.1) is 11.6 Å². The van der Waals surface area contributed by atoms with E-state index in [4.69, 9.17) is 11.6 Å². The standard InChI is InChI=1S/C13H21ClO4S/c1-8(2)12(16)13(7-15)9(3)11(5-6-14)10(4)19(13,17)18/h7-9,12,16H,5-6H2,1-4H3/t9?,12-,13?/m0/s1. The molecule has 0 radical (unpaired) electrons. The molecule has 19 heavy (non-hydrogen) atoms. The Morgan fingerprint density at radius 1 is 1.47 bits per heavy atom. The minimum atomic E-state index is -3.84. The molecule has 1 N–H and O–H groups in total. The van der Waals surface area contributed by atoms with Crippen molar-refractivity contribution in [2.45, 2.75) is 45.0 Å². The molecule has 110 valence electrons. The van der Waals surface area contributed by atoms with Crippen LogP contribution in [0.1, 0.15) is 34.1 Å². The first kappa shape index (κ1) is 16.7. The number of aldehydes is 1. The molecule has 1 heterocycles. The van der Waals surface area contributed by atoms with Gasteiger partial charge in [0.05, 0.1) is 6.10 Å². The van der Waals surface area contributed by atoms with Crippen LogP contribution in [0.2, 0.25) is 0 Å². The van der Waals surface area contributed by atoms with Crippen molar-refractivity contribution in [2.75, 3.05) is 5.88 Å². The Morgan fingerprint density at radius 3 is 2.37 bits per heavy atom. The smallest absolute Gasteiger partial charge is 0.189 e. The van der Waals surface area contributed by atoms with Gasteiger partial charge in [0.1, 0.15) is 6.29 Å². The van der Waals surface area contributed by atoms with E-state index in [0.29, 0.717) is 24.2 Å². The molecule has 3 atom stereocenters. The zero-order chi connectivity index (χ0) is 15.0. The molecular formula is C13H21ClO4S. The molecule has 1 aliphatic rings. The zero-order valence-corrected chi connectivity index (χ0v) is 13.3. The molecule has 0 bridgehead atoms. The van der Waals surface area contributed by atoms with Crippen LogP contribution < -0.4 is 0 Å². The van der Waals surface area contributed by atoms with E-state index in [1.165, 1.54) is 6.92 Å². The summed E-state index contributed by atoms with van der Waals surface area (Å²) in [6, 6.07) is 0. The molecule has 0 saturated heterocycles. The number of carbonyl (C=O) groups is 1. The average Bonchev–Trinajstić information content (AvgIpc) is 2.48. The largest absolute Gasteiger partial charge is 0.391 e. The second kappa shape index (κ2) is 5.54. The molecule has 0 saturated carbocycles. The van der Waals surface area contributed by atoms with Crippen LogP contribution in [0.5, 0.6) is 0 Å². The second-order valence-electron chi connectivity index (χ2n) is 5.41. The third-order valence-corrected chi connectivity index (χ3v) is 7.04. The van der Waals surface area contributed by atoms with E-state index >= 15 is 0 Å². The number of carbonyl (C=O) groups excluding carboxylic acids is 1. The summed E-state index contributed by atoms with van der Waals surface area (Å²) in [5.41, 5.74) is 0.654. The Labute approximate surface area is 119 Å². The van der Waals surface area contributed by atoms with Crippen molar-refractivity contribution in [2.24, 2.45) is 11.8 Å². The van der Waals surface area contributed by atoms with Crippen LogP contribution in [0.15, 0.2) is 10.5 Å². The van der Waals surface area contributed by atoms with Crippen molar-refractivity contribution >= 4 is 27.7 Å². The van der Waals surface area contributed by atoms with Crippen molar-refractivity contribution in [3.05, 3.63) is 10.5 Å². The van der Waals surface area contributed by atoms with Crippen LogP contribution >= 0.6 is 11.6 Å². The van der Waals surface area contributed by atoms with Gasteiger partial charge in [-0.3, -0.25) is 0 Å². The molecule has 0 fully saturated rings. The monoisotopic (exact) mass is 308 g/mol. The second-order valence-corrected chi connectivity index (χ2v) is 8.11. The fourth-order valence-corrected chi connectivity index (χ4v) is 5.60. The lowest BCUT2D eigenvalue weighted by Gasteiger charge is -2.35. The Balaban J connectivity index is 3.50. The number of aliphatic hydroxyl groups excluding tert-OH is 1. The van der Waals surface area contributed by atoms with Crippen LogP contribution in [0.4, 0.5) is 0 Å². The summed E-state index contributed by atoms with van der Waals surface area (Å²) < 4.78 is 23.4. The van der Waals surface area contributed by atoms with Crippen LogP contribution in [0.25, 0.3) is 0 Å². The van der Waals surface area contributed by atoms with Crippen molar-refractivity contribution in [1.29, 1.82) is 0 Å². The van der Waals surface area contributed by atoms with Crippen LogP contribution in [0, 0.1) is 11.8 Å². The highest BCUT2D eigenvalue weighted by atomic mass is 35.5. The lowest BCUT2D eigenvalue weighted by atomic mass is 9.79. The van der Waals surface area contributed by atoms with E-state index in [1.807, 2.05) is 0 Å². The van der Waals surface area contributed by atoms with E-state index in [2.05, 4.69) is 0 Å². The van der Waals surface area contributed by atoms with E-state index in [9.17, 15) is 18.3 Å². The molecule has 0 aromatic heterocycles. The summed E-state index contributed by atoms with van der Waals surface area (Å²) in [5, 5.41) is 10.3. The van der Waals surface area contributed by atoms with Gasteiger partial charge in [0, 0.05) is 16.7 Å². The SMILES string of the molecule is CC1=C(CCCl)C(C)C(C=O)([C@@H](O)C(C)C)S1(=O)=O. The number of alkyl halides is 1. The molecule has 0 aliphatic carbocycles. The third kappa shape index (κ3) is 2.16.